The minimum absolute atomic E-state index is 0.426. The van der Waals surface area contributed by atoms with Crippen molar-refractivity contribution in [3.05, 3.63) is 70.7 Å². The second kappa shape index (κ2) is 7.49. The van der Waals surface area contributed by atoms with Crippen LogP contribution in [0.2, 0.25) is 6.32 Å². The van der Waals surface area contributed by atoms with E-state index in [-0.39, 0.29) is 0 Å². The average molecular weight is 327 g/mol. The molecule has 0 saturated heterocycles. The Morgan fingerprint density at radius 2 is 1.60 bits per heavy atom. The lowest BCUT2D eigenvalue weighted by Crippen LogP contribution is -2.41. The Hall–Kier alpha value is -1.28. The Kier molecular flexibility index (Phi) is 5.66. The van der Waals surface area contributed by atoms with Crippen molar-refractivity contribution in [2.75, 3.05) is 0 Å². The van der Waals surface area contributed by atoms with Gasteiger partial charge in [0, 0.05) is 0 Å². The van der Waals surface area contributed by atoms with Crippen LogP contribution in [0.1, 0.15) is 19.4 Å². The van der Waals surface area contributed by atoms with Gasteiger partial charge in [0.15, 0.2) is 0 Å². The Bertz CT molecular complexity index is 554. The number of hydrogen-bond acceptors (Lipinski definition) is 0. The molecule has 0 aliphatic heterocycles. The maximum atomic E-state index is 3.53. The molecule has 0 fully saturated rings. The summed E-state index contributed by atoms with van der Waals surface area (Å²) < 4.78 is 1.20. The molecular formula is C18H20BBr. The van der Waals surface area contributed by atoms with E-state index in [1.165, 1.54) is 21.0 Å². The van der Waals surface area contributed by atoms with Crippen molar-refractivity contribution in [1.82, 2.24) is 0 Å². The van der Waals surface area contributed by atoms with Crippen LogP contribution in [0.5, 0.6) is 0 Å². The van der Waals surface area contributed by atoms with Crippen LogP contribution < -0.4 is 10.9 Å². The molecule has 2 aromatic carbocycles. The Morgan fingerprint density at radius 1 is 1.00 bits per heavy atom. The molecule has 0 atom stereocenters. The van der Waals surface area contributed by atoms with Gasteiger partial charge in [0.1, 0.15) is 0 Å². The highest BCUT2D eigenvalue weighted by Gasteiger charge is 2.17. The lowest BCUT2D eigenvalue weighted by atomic mass is 9.38. The monoisotopic (exact) mass is 326 g/mol. The number of halogens is 1. The summed E-state index contributed by atoms with van der Waals surface area (Å²) in [6, 6.07) is 19.8. The number of rotatable bonds is 5. The molecule has 0 radical (unpaired) electrons. The average Bonchev–Trinajstić information content (AvgIpc) is 2.49. The van der Waals surface area contributed by atoms with Crippen molar-refractivity contribution in [3.8, 4) is 0 Å². The van der Waals surface area contributed by atoms with Crippen LogP contribution in [0, 0.1) is 0 Å². The van der Waals surface area contributed by atoms with Gasteiger partial charge in [-0.25, -0.2) is 0 Å². The van der Waals surface area contributed by atoms with E-state index in [2.05, 4.69) is 90.5 Å². The summed E-state index contributed by atoms with van der Waals surface area (Å²) in [4.78, 5) is 0. The van der Waals surface area contributed by atoms with Crippen molar-refractivity contribution in [2.24, 2.45) is 0 Å². The zero-order valence-electron chi connectivity index (χ0n) is 12.1. The molecule has 2 aromatic rings. The highest BCUT2D eigenvalue weighted by molar-refractivity contribution is 9.11. The first-order valence-electron chi connectivity index (χ1n) is 7.16. The Balaban J connectivity index is 2.32. The maximum Gasteiger partial charge on any atom is 0.213 e. The van der Waals surface area contributed by atoms with Crippen molar-refractivity contribution < 1.29 is 0 Å². The third kappa shape index (κ3) is 4.11. The molecule has 0 unspecified atom stereocenters. The van der Waals surface area contributed by atoms with Gasteiger partial charge in [-0.3, -0.25) is 0 Å². The first-order chi connectivity index (χ1) is 9.70. The molecular weight excluding hydrogens is 307 g/mol. The molecule has 0 saturated carbocycles. The van der Waals surface area contributed by atoms with Crippen LogP contribution in [0.4, 0.5) is 0 Å². The number of aryl methyl sites for hydroxylation is 1. The van der Waals surface area contributed by atoms with Crippen LogP contribution in [-0.2, 0) is 6.42 Å². The van der Waals surface area contributed by atoms with Crippen molar-refractivity contribution >= 4 is 33.6 Å². The number of hydrogen-bond donors (Lipinski definition) is 0. The minimum atomic E-state index is 0.426. The minimum Gasteiger partial charge on any atom is -0.0811 e. The maximum absolute atomic E-state index is 3.53. The van der Waals surface area contributed by atoms with E-state index in [4.69, 9.17) is 0 Å². The van der Waals surface area contributed by atoms with E-state index in [0.717, 1.165) is 12.7 Å². The quantitative estimate of drug-likeness (QED) is 0.724. The summed E-state index contributed by atoms with van der Waals surface area (Å²) in [7, 11) is 0. The molecule has 0 aliphatic carbocycles. The molecule has 0 aliphatic rings. The smallest absolute Gasteiger partial charge is 0.0811 e. The molecule has 2 rings (SSSR count). The van der Waals surface area contributed by atoms with Gasteiger partial charge in [-0.1, -0.05) is 94.5 Å². The molecule has 0 heterocycles. The molecule has 0 amide bonds. The van der Waals surface area contributed by atoms with Gasteiger partial charge in [0.25, 0.3) is 0 Å². The highest BCUT2D eigenvalue weighted by atomic mass is 79.9. The fourth-order valence-corrected chi connectivity index (χ4v) is 2.60. The summed E-state index contributed by atoms with van der Waals surface area (Å²) in [6.07, 6.45) is 4.37. The summed E-state index contributed by atoms with van der Waals surface area (Å²) >= 11 is 3.53. The first kappa shape index (κ1) is 15.1. The number of allylic oxidation sites excluding steroid dienone is 2. The van der Waals surface area contributed by atoms with E-state index in [0.29, 0.717) is 6.71 Å². The fraction of sp³-hybridized carbons (Fsp3) is 0.222. The van der Waals surface area contributed by atoms with Crippen molar-refractivity contribution in [2.45, 2.75) is 26.6 Å². The Labute approximate surface area is 131 Å². The van der Waals surface area contributed by atoms with Crippen LogP contribution in [0.15, 0.2) is 65.2 Å². The van der Waals surface area contributed by atoms with E-state index in [9.17, 15) is 0 Å². The lowest BCUT2D eigenvalue weighted by molar-refractivity contribution is 1.14. The normalized spacial score (nSPS) is 11.4. The summed E-state index contributed by atoms with van der Waals surface area (Å²) in [6.45, 7) is 4.71. The third-order valence-electron chi connectivity index (χ3n) is 3.63. The van der Waals surface area contributed by atoms with E-state index in [1.807, 2.05) is 0 Å². The van der Waals surface area contributed by atoms with Crippen LogP contribution >= 0.6 is 15.9 Å². The summed E-state index contributed by atoms with van der Waals surface area (Å²) in [5, 5.41) is 0. The van der Waals surface area contributed by atoms with E-state index in [1.54, 1.807) is 0 Å². The van der Waals surface area contributed by atoms with Crippen LogP contribution in [-0.4, -0.2) is 6.71 Å². The standard InChI is InChI=1S/C18H20BBr/c1-3-16-9-11-18(12-10-16)19(14-13-15(2)20)17-7-5-4-6-8-17/h4-13H,3,14H2,1-2H3. The van der Waals surface area contributed by atoms with Crippen molar-refractivity contribution in [3.63, 3.8) is 0 Å². The van der Waals surface area contributed by atoms with Gasteiger partial charge < -0.3 is 0 Å². The highest BCUT2D eigenvalue weighted by Crippen LogP contribution is 2.08. The largest absolute Gasteiger partial charge is 0.213 e. The van der Waals surface area contributed by atoms with Gasteiger partial charge in [-0.05, 0) is 29.7 Å². The number of benzene rings is 2. The first-order valence-corrected chi connectivity index (χ1v) is 7.96. The van der Waals surface area contributed by atoms with Crippen molar-refractivity contribution in [1.29, 1.82) is 0 Å². The zero-order valence-corrected chi connectivity index (χ0v) is 13.7. The van der Waals surface area contributed by atoms with E-state index >= 15 is 0 Å². The predicted octanol–water partition coefficient (Wildman–Crippen LogP) is 4.16. The molecule has 102 valence electrons. The molecule has 20 heavy (non-hydrogen) atoms. The van der Waals surface area contributed by atoms with Gasteiger partial charge in [0.2, 0.25) is 6.71 Å². The van der Waals surface area contributed by atoms with Gasteiger partial charge in [-0.15, -0.1) is 0 Å². The lowest BCUT2D eigenvalue weighted by Gasteiger charge is -2.13. The molecule has 0 N–H and O–H groups in total. The van der Waals surface area contributed by atoms with Gasteiger partial charge in [0.05, 0.1) is 0 Å². The topological polar surface area (TPSA) is 0 Å². The van der Waals surface area contributed by atoms with Gasteiger partial charge >= 0.3 is 0 Å². The summed E-state index contributed by atoms with van der Waals surface area (Å²) in [5.41, 5.74) is 4.16. The third-order valence-corrected chi connectivity index (χ3v) is 3.95. The van der Waals surface area contributed by atoms with Gasteiger partial charge in [-0.2, -0.15) is 0 Å². The molecule has 0 nitrogen and oxygen atoms in total. The van der Waals surface area contributed by atoms with Crippen LogP contribution in [0.3, 0.4) is 0 Å². The zero-order chi connectivity index (χ0) is 14.4. The molecule has 0 bridgehead atoms. The second-order valence-electron chi connectivity index (χ2n) is 5.08. The van der Waals surface area contributed by atoms with E-state index < -0.39 is 0 Å². The summed E-state index contributed by atoms with van der Waals surface area (Å²) in [5.74, 6) is 0. The molecule has 0 spiro atoms. The molecule has 2 heteroatoms. The molecule has 0 aromatic heterocycles. The predicted molar refractivity (Wildman–Crippen MR) is 94.8 cm³/mol. The Morgan fingerprint density at radius 3 is 2.15 bits per heavy atom. The van der Waals surface area contributed by atoms with Crippen LogP contribution in [0.25, 0.3) is 0 Å². The SMILES string of the molecule is CCc1ccc(B(CC=C(C)Br)c2ccccc2)cc1. The second-order valence-corrected chi connectivity index (χ2v) is 6.34. The fourth-order valence-electron chi connectivity index (χ4n) is 2.42.